The molecule has 0 heterocycles. The summed E-state index contributed by atoms with van der Waals surface area (Å²) in [4.78, 5) is 11.1. The second kappa shape index (κ2) is 6.48. The van der Waals surface area contributed by atoms with E-state index in [1.807, 2.05) is 0 Å². The zero-order valence-corrected chi connectivity index (χ0v) is 10.6. The first-order chi connectivity index (χ1) is 8.58. The van der Waals surface area contributed by atoms with Crippen molar-refractivity contribution in [3.8, 4) is 11.5 Å². The average Bonchev–Trinajstić information content (AvgIpc) is 2.37. The van der Waals surface area contributed by atoms with Gasteiger partial charge < -0.3 is 14.6 Å². The van der Waals surface area contributed by atoms with Crippen LogP contribution in [0.15, 0.2) is 23.3 Å². The minimum absolute atomic E-state index is 0.0485. The predicted octanol–water partition coefficient (Wildman–Crippen LogP) is 1.87. The fraction of sp³-hybridized carbons (Fsp3) is 0.333. The molecule has 98 valence electrons. The van der Waals surface area contributed by atoms with Crippen LogP contribution in [0.2, 0.25) is 0 Å². The molecular formula is C12H16N2O4. The number of nitrogens with zero attached hydrogens (tertiary/aromatic N) is 1. The van der Waals surface area contributed by atoms with Crippen molar-refractivity contribution in [2.24, 2.45) is 5.10 Å². The lowest BCUT2D eigenvalue weighted by molar-refractivity contribution is 0.152. The maximum Gasteiger partial charge on any atom is 0.427 e. The Kier molecular flexibility index (Phi) is 4.98. The number of phenolic OH excluding ortho intramolecular Hbond substituents is 1. The SMILES string of the molecule is CCOC(=O)NN=C(C)c1ccc(O)c(OC)c1. The average molecular weight is 252 g/mol. The summed E-state index contributed by atoms with van der Waals surface area (Å²) in [5, 5.41) is 13.3. The van der Waals surface area contributed by atoms with E-state index in [0.29, 0.717) is 11.5 Å². The van der Waals surface area contributed by atoms with E-state index >= 15 is 0 Å². The van der Waals surface area contributed by atoms with Crippen LogP contribution in [0, 0.1) is 0 Å². The Morgan fingerprint density at radius 1 is 1.50 bits per heavy atom. The summed E-state index contributed by atoms with van der Waals surface area (Å²) in [6, 6.07) is 4.79. The first-order valence-corrected chi connectivity index (χ1v) is 5.43. The summed E-state index contributed by atoms with van der Waals surface area (Å²) in [7, 11) is 1.46. The Morgan fingerprint density at radius 3 is 2.83 bits per heavy atom. The van der Waals surface area contributed by atoms with Crippen molar-refractivity contribution in [2.75, 3.05) is 13.7 Å². The minimum atomic E-state index is -0.609. The van der Waals surface area contributed by atoms with E-state index in [0.717, 1.165) is 5.56 Å². The number of phenols is 1. The summed E-state index contributed by atoms with van der Waals surface area (Å²) in [5.74, 6) is 0.394. The molecule has 1 aromatic carbocycles. The quantitative estimate of drug-likeness (QED) is 0.633. The largest absolute Gasteiger partial charge is 0.504 e. The highest BCUT2D eigenvalue weighted by Crippen LogP contribution is 2.26. The number of hydrogen-bond acceptors (Lipinski definition) is 5. The molecule has 6 heteroatoms. The molecule has 1 rings (SSSR count). The van der Waals surface area contributed by atoms with Gasteiger partial charge in [0, 0.05) is 5.56 Å². The lowest BCUT2D eigenvalue weighted by atomic mass is 10.1. The smallest absolute Gasteiger partial charge is 0.427 e. The highest BCUT2D eigenvalue weighted by Gasteiger charge is 2.05. The molecule has 0 radical (unpaired) electrons. The van der Waals surface area contributed by atoms with Crippen molar-refractivity contribution >= 4 is 11.8 Å². The summed E-state index contributed by atoms with van der Waals surface area (Å²) >= 11 is 0. The molecule has 0 saturated carbocycles. The second-order valence-corrected chi connectivity index (χ2v) is 3.42. The standard InChI is InChI=1S/C12H16N2O4/c1-4-18-12(16)14-13-8(2)9-5-6-10(15)11(7-9)17-3/h5-7,15H,4H2,1-3H3,(H,14,16). The highest BCUT2D eigenvalue weighted by atomic mass is 16.5. The molecule has 18 heavy (non-hydrogen) atoms. The van der Waals surface area contributed by atoms with Crippen LogP contribution >= 0.6 is 0 Å². The number of methoxy groups -OCH3 is 1. The Balaban J connectivity index is 2.80. The minimum Gasteiger partial charge on any atom is -0.504 e. The summed E-state index contributed by atoms with van der Waals surface area (Å²) in [6.07, 6.45) is -0.609. The topological polar surface area (TPSA) is 80.2 Å². The molecule has 0 aliphatic carbocycles. The highest BCUT2D eigenvalue weighted by molar-refractivity contribution is 5.99. The van der Waals surface area contributed by atoms with Gasteiger partial charge in [0.05, 0.1) is 19.4 Å². The number of carbonyl (C=O) groups excluding carboxylic acids is 1. The van der Waals surface area contributed by atoms with Crippen LogP contribution < -0.4 is 10.2 Å². The monoisotopic (exact) mass is 252 g/mol. The van der Waals surface area contributed by atoms with E-state index in [-0.39, 0.29) is 12.4 Å². The van der Waals surface area contributed by atoms with Crippen LogP contribution in [-0.2, 0) is 4.74 Å². The number of ether oxygens (including phenoxy) is 2. The Bertz CT molecular complexity index is 457. The Morgan fingerprint density at radius 2 is 2.22 bits per heavy atom. The van der Waals surface area contributed by atoms with Gasteiger partial charge in [0.1, 0.15) is 0 Å². The molecule has 0 aliphatic rings. The zero-order valence-electron chi connectivity index (χ0n) is 10.6. The third-order valence-electron chi connectivity index (χ3n) is 2.19. The number of amides is 1. The van der Waals surface area contributed by atoms with E-state index in [1.54, 1.807) is 26.0 Å². The van der Waals surface area contributed by atoms with Gasteiger partial charge >= 0.3 is 6.09 Å². The first-order valence-electron chi connectivity index (χ1n) is 5.43. The van der Waals surface area contributed by atoms with Crippen molar-refractivity contribution in [1.29, 1.82) is 0 Å². The van der Waals surface area contributed by atoms with Gasteiger partial charge in [-0.25, -0.2) is 10.2 Å². The molecule has 0 atom stereocenters. The van der Waals surface area contributed by atoms with Crippen molar-refractivity contribution in [2.45, 2.75) is 13.8 Å². The normalized spacial score (nSPS) is 10.9. The third kappa shape index (κ3) is 3.65. The van der Waals surface area contributed by atoms with Gasteiger partial charge in [0.15, 0.2) is 11.5 Å². The summed E-state index contributed by atoms with van der Waals surface area (Å²) < 4.78 is 9.65. The van der Waals surface area contributed by atoms with Crippen LogP contribution in [0.25, 0.3) is 0 Å². The summed E-state index contributed by atoms with van der Waals surface area (Å²) in [5.41, 5.74) is 3.55. The molecule has 0 aromatic heterocycles. The summed E-state index contributed by atoms with van der Waals surface area (Å²) in [6.45, 7) is 3.71. The Labute approximate surface area is 105 Å². The number of aromatic hydroxyl groups is 1. The van der Waals surface area contributed by atoms with Crippen LogP contribution in [0.4, 0.5) is 4.79 Å². The maximum atomic E-state index is 11.1. The number of benzene rings is 1. The van der Waals surface area contributed by atoms with Crippen molar-refractivity contribution in [3.63, 3.8) is 0 Å². The van der Waals surface area contributed by atoms with E-state index in [4.69, 9.17) is 4.74 Å². The molecule has 1 aromatic rings. The molecule has 6 nitrogen and oxygen atoms in total. The van der Waals surface area contributed by atoms with Gasteiger partial charge in [-0.15, -0.1) is 0 Å². The van der Waals surface area contributed by atoms with Crippen LogP contribution in [0.3, 0.4) is 0 Å². The molecule has 2 N–H and O–H groups in total. The number of hydrogen-bond donors (Lipinski definition) is 2. The number of rotatable bonds is 4. The van der Waals surface area contributed by atoms with Gasteiger partial charge in [0.2, 0.25) is 0 Å². The lowest BCUT2D eigenvalue weighted by Gasteiger charge is -2.06. The van der Waals surface area contributed by atoms with Crippen molar-refractivity contribution < 1.29 is 19.4 Å². The third-order valence-corrected chi connectivity index (χ3v) is 2.19. The van der Waals surface area contributed by atoms with Crippen LogP contribution in [-0.4, -0.2) is 30.6 Å². The molecule has 0 saturated heterocycles. The molecular weight excluding hydrogens is 236 g/mol. The number of nitrogens with one attached hydrogen (secondary N) is 1. The Hall–Kier alpha value is -2.24. The fourth-order valence-electron chi connectivity index (χ4n) is 1.26. The van der Waals surface area contributed by atoms with Crippen LogP contribution in [0.5, 0.6) is 11.5 Å². The van der Waals surface area contributed by atoms with Crippen molar-refractivity contribution in [1.82, 2.24) is 5.43 Å². The van der Waals surface area contributed by atoms with Crippen LogP contribution in [0.1, 0.15) is 19.4 Å². The lowest BCUT2D eigenvalue weighted by Crippen LogP contribution is -2.20. The number of hydrazone groups is 1. The molecule has 1 amide bonds. The predicted molar refractivity (Wildman–Crippen MR) is 67.0 cm³/mol. The zero-order chi connectivity index (χ0) is 13.5. The molecule has 0 aliphatic heterocycles. The van der Waals surface area contributed by atoms with E-state index in [2.05, 4.69) is 15.3 Å². The van der Waals surface area contributed by atoms with Gasteiger partial charge in [-0.1, -0.05) is 0 Å². The van der Waals surface area contributed by atoms with Gasteiger partial charge in [-0.3, -0.25) is 0 Å². The van der Waals surface area contributed by atoms with Crippen molar-refractivity contribution in [3.05, 3.63) is 23.8 Å². The molecule has 0 bridgehead atoms. The van der Waals surface area contributed by atoms with Gasteiger partial charge in [0.25, 0.3) is 0 Å². The first kappa shape index (κ1) is 13.8. The molecule has 0 fully saturated rings. The second-order valence-electron chi connectivity index (χ2n) is 3.42. The maximum absolute atomic E-state index is 11.1. The van der Waals surface area contributed by atoms with E-state index in [1.165, 1.54) is 13.2 Å². The van der Waals surface area contributed by atoms with E-state index < -0.39 is 6.09 Å². The number of carbonyl (C=O) groups is 1. The molecule has 0 spiro atoms. The van der Waals surface area contributed by atoms with Gasteiger partial charge in [-0.2, -0.15) is 5.10 Å². The molecule has 0 unspecified atom stereocenters. The van der Waals surface area contributed by atoms with E-state index in [9.17, 15) is 9.90 Å². The van der Waals surface area contributed by atoms with Gasteiger partial charge in [-0.05, 0) is 32.0 Å². The fourth-order valence-corrected chi connectivity index (χ4v) is 1.26.